The van der Waals surface area contributed by atoms with Crippen LogP contribution in [0.1, 0.15) is 18.3 Å². The SMILES string of the molecule is CCc1nccn1-c1ccc(N)c(CC#N)c1. The summed E-state index contributed by atoms with van der Waals surface area (Å²) in [5.74, 6) is 0.998. The molecule has 0 atom stereocenters. The van der Waals surface area contributed by atoms with E-state index in [1.807, 2.05) is 29.0 Å². The van der Waals surface area contributed by atoms with Gasteiger partial charge in [-0.1, -0.05) is 6.92 Å². The average Bonchev–Trinajstić information content (AvgIpc) is 2.80. The maximum atomic E-state index is 8.74. The van der Waals surface area contributed by atoms with Gasteiger partial charge in [-0.2, -0.15) is 5.26 Å². The highest BCUT2D eigenvalue weighted by molar-refractivity contribution is 5.54. The van der Waals surface area contributed by atoms with Crippen molar-refractivity contribution in [3.05, 3.63) is 42.0 Å². The van der Waals surface area contributed by atoms with Crippen LogP contribution in [0, 0.1) is 11.3 Å². The molecule has 4 nitrogen and oxygen atoms in total. The first-order valence-electron chi connectivity index (χ1n) is 5.54. The number of imidazole rings is 1. The molecule has 1 aromatic carbocycles. The van der Waals surface area contributed by atoms with Crippen molar-refractivity contribution in [1.29, 1.82) is 5.26 Å². The average molecular weight is 226 g/mol. The molecule has 4 heteroatoms. The molecule has 0 aliphatic carbocycles. The summed E-state index contributed by atoms with van der Waals surface area (Å²) in [6.07, 6.45) is 4.89. The van der Waals surface area contributed by atoms with Gasteiger partial charge in [0.05, 0.1) is 12.5 Å². The Kier molecular flexibility index (Phi) is 3.10. The molecular weight excluding hydrogens is 212 g/mol. The fourth-order valence-corrected chi connectivity index (χ4v) is 1.81. The molecule has 17 heavy (non-hydrogen) atoms. The zero-order valence-electron chi connectivity index (χ0n) is 9.72. The molecule has 0 fully saturated rings. The van der Waals surface area contributed by atoms with Crippen molar-refractivity contribution in [3.63, 3.8) is 0 Å². The fourth-order valence-electron chi connectivity index (χ4n) is 1.81. The Balaban J connectivity index is 2.47. The lowest BCUT2D eigenvalue weighted by Crippen LogP contribution is -2.01. The third-order valence-electron chi connectivity index (χ3n) is 2.71. The van der Waals surface area contributed by atoms with E-state index in [-0.39, 0.29) is 0 Å². The maximum absolute atomic E-state index is 8.74. The standard InChI is InChI=1S/C13H14N4/c1-2-13-16-7-8-17(13)11-3-4-12(15)10(9-11)5-6-14/h3-4,7-9H,2,5,15H2,1H3. The predicted octanol–water partition coefficient (Wildman–Crippen LogP) is 2.08. The zero-order chi connectivity index (χ0) is 12.3. The van der Waals surface area contributed by atoms with Crippen LogP contribution in [-0.4, -0.2) is 9.55 Å². The minimum atomic E-state index is 0.329. The van der Waals surface area contributed by atoms with E-state index in [2.05, 4.69) is 18.0 Å². The third kappa shape index (κ3) is 2.13. The van der Waals surface area contributed by atoms with Crippen LogP contribution in [0.2, 0.25) is 0 Å². The van der Waals surface area contributed by atoms with Crippen molar-refractivity contribution >= 4 is 5.69 Å². The lowest BCUT2D eigenvalue weighted by atomic mass is 10.1. The smallest absolute Gasteiger partial charge is 0.112 e. The van der Waals surface area contributed by atoms with Gasteiger partial charge in [-0.05, 0) is 23.8 Å². The maximum Gasteiger partial charge on any atom is 0.112 e. The van der Waals surface area contributed by atoms with E-state index in [0.29, 0.717) is 12.1 Å². The second kappa shape index (κ2) is 4.71. The molecule has 2 aromatic rings. The van der Waals surface area contributed by atoms with Crippen molar-refractivity contribution in [2.75, 3.05) is 5.73 Å². The molecule has 0 aliphatic rings. The van der Waals surface area contributed by atoms with Crippen molar-refractivity contribution in [3.8, 4) is 11.8 Å². The summed E-state index contributed by atoms with van der Waals surface area (Å²) in [6, 6.07) is 7.84. The first-order valence-corrected chi connectivity index (χ1v) is 5.54. The highest BCUT2D eigenvalue weighted by atomic mass is 15.1. The van der Waals surface area contributed by atoms with E-state index in [1.165, 1.54) is 0 Å². The van der Waals surface area contributed by atoms with E-state index in [9.17, 15) is 0 Å². The first-order chi connectivity index (χ1) is 8.26. The summed E-state index contributed by atoms with van der Waals surface area (Å²) >= 11 is 0. The van der Waals surface area contributed by atoms with Crippen LogP contribution in [-0.2, 0) is 12.8 Å². The first kappa shape index (κ1) is 11.2. The van der Waals surface area contributed by atoms with Gasteiger partial charge in [0, 0.05) is 30.2 Å². The second-order valence-electron chi connectivity index (χ2n) is 3.79. The number of nitrogen functional groups attached to an aromatic ring is 1. The molecule has 2 N–H and O–H groups in total. The van der Waals surface area contributed by atoms with Crippen molar-refractivity contribution in [2.24, 2.45) is 0 Å². The monoisotopic (exact) mass is 226 g/mol. The highest BCUT2D eigenvalue weighted by Gasteiger charge is 2.05. The molecule has 0 unspecified atom stereocenters. The molecule has 1 heterocycles. The lowest BCUT2D eigenvalue weighted by molar-refractivity contribution is 0.890. The summed E-state index contributed by atoms with van der Waals surface area (Å²) < 4.78 is 2.01. The van der Waals surface area contributed by atoms with Gasteiger partial charge in [-0.25, -0.2) is 4.98 Å². The van der Waals surface area contributed by atoms with Crippen molar-refractivity contribution in [2.45, 2.75) is 19.8 Å². The number of hydrogen-bond acceptors (Lipinski definition) is 3. The quantitative estimate of drug-likeness (QED) is 0.815. The number of nitrogens with zero attached hydrogens (tertiary/aromatic N) is 3. The normalized spacial score (nSPS) is 10.1. The van der Waals surface area contributed by atoms with Gasteiger partial charge in [0.15, 0.2) is 0 Å². The predicted molar refractivity (Wildman–Crippen MR) is 66.7 cm³/mol. The number of rotatable bonds is 3. The van der Waals surface area contributed by atoms with Crippen LogP contribution < -0.4 is 5.73 Å². The van der Waals surface area contributed by atoms with Crippen LogP contribution in [0.3, 0.4) is 0 Å². The summed E-state index contributed by atoms with van der Waals surface area (Å²) in [7, 11) is 0. The molecule has 0 saturated carbocycles. The Labute approximate surface area is 100 Å². The van der Waals surface area contributed by atoms with Crippen molar-refractivity contribution in [1.82, 2.24) is 9.55 Å². The van der Waals surface area contributed by atoms with E-state index in [1.54, 1.807) is 6.20 Å². The summed E-state index contributed by atoms with van der Waals surface area (Å²) in [4.78, 5) is 4.28. The number of anilines is 1. The minimum Gasteiger partial charge on any atom is -0.398 e. The third-order valence-corrected chi connectivity index (χ3v) is 2.71. The van der Waals surface area contributed by atoms with E-state index in [0.717, 1.165) is 23.5 Å². The summed E-state index contributed by atoms with van der Waals surface area (Å²) in [5, 5.41) is 8.74. The number of hydrogen-bond donors (Lipinski definition) is 1. The molecule has 0 saturated heterocycles. The Bertz CT molecular complexity index is 563. The number of nitriles is 1. The van der Waals surface area contributed by atoms with Crippen molar-refractivity contribution < 1.29 is 0 Å². The summed E-state index contributed by atoms with van der Waals surface area (Å²) in [6.45, 7) is 2.06. The number of aryl methyl sites for hydroxylation is 1. The van der Waals surface area contributed by atoms with Crippen LogP contribution >= 0.6 is 0 Å². The number of aromatic nitrogens is 2. The van der Waals surface area contributed by atoms with Crippen LogP contribution in [0.15, 0.2) is 30.6 Å². The van der Waals surface area contributed by atoms with Gasteiger partial charge in [0.2, 0.25) is 0 Å². The minimum absolute atomic E-state index is 0.329. The molecule has 1 aromatic heterocycles. The molecule has 0 spiro atoms. The molecule has 86 valence electrons. The zero-order valence-corrected chi connectivity index (χ0v) is 9.72. The largest absolute Gasteiger partial charge is 0.398 e. The Morgan fingerprint density at radius 3 is 3.00 bits per heavy atom. The highest BCUT2D eigenvalue weighted by Crippen LogP contribution is 2.19. The van der Waals surface area contributed by atoms with E-state index < -0.39 is 0 Å². The summed E-state index contributed by atoms with van der Waals surface area (Å²) in [5.41, 5.74) is 8.34. The van der Waals surface area contributed by atoms with Crippen LogP contribution in [0.4, 0.5) is 5.69 Å². The molecule has 0 aliphatic heterocycles. The van der Waals surface area contributed by atoms with Gasteiger partial charge < -0.3 is 10.3 Å². The number of benzene rings is 1. The Morgan fingerprint density at radius 1 is 1.47 bits per heavy atom. The van der Waals surface area contributed by atoms with Crippen LogP contribution in [0.25, 0.3) is 5.69 Å². The van der Waals surface area contributed by atoms with E-state index in [4.69, 9.17) is 11.0 Å². The van der Waals surface area contributed by atoms with Crippen LogP contribution in [0.5, 0.6) is 0 Å². The van der Waals surface area contributed by atoms with Gasteiger partial charge in [0.25, 0.3) is 0 Å². The van der Waals surface area contributed by atoms with Gasteiger partial charge >= 0.3 is 0 Å². The lowest BCUT2D eigenvalue weighted by Gasteiger charge is -2.09. The van der Waals surface area contributed by atoms with E-state index >= 15 is 0 Å². The van der Waals surface area contributed by atoms with Gasteiger partial charge in [-0.3, -0.25) is 0 Å². The molecule has 0 radical (unpaired) electrons. The molecule has 2 rings (SSSR count). The van der Waals surface area contributed by atoms with Gasteiger partial charge in [-0.15, -0.1) is 0 Å². The Hall–Kier alpha value is -2.28. The Morgan fingerprint density at radius 2 is 2.29 bits per heavy atom. The van der Waals surface area contributed by atoms with Gasteiger partial charge in [0.1, 0.15) is 5.82 Å². The molecule has 0 bridgehead atoms. The fraction of sp³-hybridized carbons (Fsp3) is 0.231. The molecular formula is C13H14N4. The topological polar surface area (TPSA) is 67.6 Å². The molecule has 0 amide bonds. The number of nitrogens with two attached hydrogens (primary N) is 1. The second-order valence-corrected chi connectivity index (χ2v) is 3.79.